The van der Waals surface area contributed by atoms with Crippen LogP contribution in [-0.2, 0) is 0 Å². The van der Waals surface area contributed by atoms with Crippen LogP contribution in [-0.4, -0.2) is 20.8 Å². The highest BCUT2D eigenvalue weighted by Crippen LogP contribution is 2.19. The maximum absolute atomic E-state index is 9.88. The minimum atomic E-state index is 0.216. The summed E-state index contributed by atoms with van der Waals surface area (Å²) >= 11 is 0. The quantitative estimate of drug-likeness (QED) is 0.508. The van der Waals surface area contributed by atoms with Gasteiger partial charge in [0.15, 0.2) is 0 Å². The smallest absolute Gasteiger partial charge is 0.222 e. The summed E-state index contributed by atoms with van der Waals surface area (Å²) in [7, 11) is 0. The van der Waals surface area contributed by atoms with Gasteiger partial charge in [0.25, 0.3) is 0 Å². The number of fused-ring (bicyclic) bond motifs is 1. The van der Waals surface area contributed by atoms with E-state index in [9.17, 15) is 5.11 Å². The second-order valence-corrected chi connectivity index (χ2v) is 4.93. The van der Waals surface area contributed by atoms with E-state index in [1.165, 1.54) is 0 Å². The van der Waals surface area contributed by atoms with Gasteiger partial charge in [0, 0.05) is 5.56 Å². The molecular weight excluding hydrogens is 264 g/mol. The number of phenols is 1. The van der Waals surface area contributed by atoms with Crippen molar-refractivity contribution in [3.63, 3.8) is 0 Å². The van der Waals surface area contributed by atoms with Crippen molar-refractivity contribution in [3.8, 4) is 5.75 Å². The Bertz CT molecular complexity index is 787. The summed E-state index contributed by atoms with van der Waals surface area (Å²) in [5.74, 6) is 0.788. The van der Waals surface area contributed by atoms with Crippen molar-refractivity contribution in [2.45, 2.75) is 13.8 Å². The molecule has 0 amide bonds. The molecule has 1 aromatic heterocycles. The second kappa shape index (κ2) is 5.28. The molecule has 106 valence electrons. The van der Waals surface area contributed by atoms with E-state index in [1.807, 2.05) is 50.2 Å². The van der Waals surface area contributed by atoms with Crippen molar-refractivity contribution in [3.05, 3.63) is 53.6 Å². The topological polar surface area (TPSA) is 73.3 Å². The molecule has 21 heavy (non-hydrogen) atoms. The van der Waals surface area contributed by atoms with Crippen LogP contribution < -0.4 is 5.43 Å². The molecule has 0 aliphatic heterocycles. The highest BCUT2D eigenvalue weighted by molar-refractivity contribution is 6.01. The molecule has 3 aromatic rings. The first kappa shape index (κ1) is 13.2. The van der Waals surface area contributed by atoms with Crippen molar-refractivity contribution in [2.24, 2.45) is 5.10 Å². The molecule has 5 heteroatoms. The van der Waals surface area contributed by atoms with Crippen LogP contribution in [0.5, 0.6) is 5.75 Å². The van der Waals surface area contributed by atoms with Crippen molar-refractivity contribution in [2.75, 3.05) is 5.43 Å². The summed E-state index contributed by atoms with van der Waals surface area (Å²) in [6, 6.07) is 13.2. The summed E-state index contributed by atoms with van der Waals surface area (Å²) in [6.07, 6.45) is 0. The van der Waals surface area contributed by atoms with Crippen molar-refractivity contribution < 1.29 is 5.11 Å². The summed E-state index contributed by atoms with van der Waals surface area (Å²) in [5.41, 5.74) is 7.19. The largest absolute Gasteiger partial charge is 0.507 e. The molecule has 5 nitrogen and oxygen atoms in total. The molecule has 3 N–H and O–H groups in total. The fourth-order valence-corrected chi connectivity index (χ4v) is 2.14. The molecule has 0 saturated heterocycles. The number of phenolic OH excluding ortho intramolecular Hbond substituents is 1. The standard InChI is InChI=1S/C16H16N4O/c1-10-7-8-15(21)12(9-10)11(2)19-20-16-17-13-5-3-4-6-14(13)18-16/h3-9,21H,1-2H3,(H2,17,18,20)/b19-11+. The van der Waals surface area contributed by atoms with Gasteiger partial charge in [0.1, 0.15) is 5.75 Å². The molecule has 0 bridgehead atoms. The van der Waals surface area contributed by atoms with E-state index in [1.54, 1.807) is 6.07 Å². The number of anilines is 1. The van der Waals surface area contributed by atoms with E-state index < -0.39 is 0 Å². The maximum atomic E-state index is 9.88. The number of hydrazone groups is 1. The minimum Gasteiger partial charge on any atom is -0.507 e. The van der Waals surface area contributed by atoms with Gasteiger partial charge >= 0.3 is 0 Å². The lowest BCUT2D eigenvalue weighted by Crippen LogP contribution is -2.01. The number of aromatic nitrogens is 2. The number of hydrogen-bond donors (Lipinski definition) is 3. The molecule has 2 aromatic carbocycles. The normalized spacial score (nSPS) is 11.8. The predicted molar refractivity (Wildman–Crippen MR) is 84.8 cm³/mol. The number of nitrogens with one attached hydrogen (secondary N) is 2. The molecule has 0 unspecified atom stereocenters. The Labute approximate surface area is 122 Å². The molecule has 0 aliphatic rings. The number of aromatic amines is 1. The Morgan fingerprint density at radius 1 is 1.24 bits per heavy atom. The second-order valence-electron chi connectivity index (χ2n) is 4.93. The van der Waals surface area contributed by atoms with E-state index in [0.29, 0.717) is 17.2 Å². The third-order valence-corrected chi connectivity index (χ3v) is 3.26. The van der Waals surface area contributed by atoms with E-state index >= 15 is 0 Å². The molecule has 0 saturated carbocycles. The zero-order chi connectivity index (χ0) is 14.8. The summed E-state index contributed by atoms with van der Waals surface area (Å²) in [4.78, 5) is 7.52. The van der Waals surface area contributed by atoms with Gasteiger partial charge in [-0.15, -0.1) is 0 Å². The lowest BCUT2D eigenvalue weighted by molar-refractivity contribution is 0.474. The van der Waals surface area contributed by atoms with Gasteiger partial charge in [-0.3, -0.25) is 0 Å². The highest BCUT2D eigenvalue weighted by atomic mass is 16.3. The van der Waals surface area contributed by atoms with Crippen molar-refractivity contribution >= 4 is 22.7 Å². The molecule has 0 radical (unpaired) electrons. The van der Waals surface area contributed by atoms with Crippen LogP contribution in [0.15, 0.2) is 47.6 Å². The van der Waals surface area contributed by atoms with Gasteiger partial charge in [-0.05, 0) is 38.1 Å². The Morgan fingerprint density at radius 3 is 2.86 bits per heavy atom. The number of hydrogen-bond acceptors (Lipinski definition) is 4. The molecule has 1 heterocycles. The third kappa shape index (κ3) is 2.72. The number of H-pyrrole nitrogens is 1. The molecular formula is C16H16N4O. The molecule has 0 fully saturated rings. The van der Waals surface area contributed by atoms with Crippen LogP contribution in [0.4, 0.5) is 5.95 Å². The van der Waals surface area contributed by atoms with Crippen LogP contribution in [0.3, 0.4) is 0 Å². The van der Waals surface area contributed by atoms with Gasteiger partial charge in [-0.1, -0.05) is 23.8 Å². The fourth-order valence-electron chi connectivity index (χ4n) is 2.14. The molecule has 0 atom stereocenters. The van der Waals surface area contributed by atoms with Gasteiger partial charge < -0.3 is 10.1 Å². The van der Waals surface area contributed by atoms with E-state index in [-0.39, 0.29) is 5.75 Å². The maximum Gasteiger partial charge on any atom is 0.222 e. The van der Waals surface area contributed by atoms with Crippen LogP contribution in [0.2, 0.25) is 0 Å². The summed E-state index contributed by atoms with van der Waals surface area (Å²) < 4.78 is 0. The monoisotopic (exact) mass is 280 g/mol. The number of para-hydroxylation sites is 2. The number of nitrogens with zero attached hydrogens (tertiary/aromatic N) is 2. The molecule has 0 spiro atoms. The van der Waals surface area contributed by atoms with Gasteiger partial charge in [0.2, 0.25) is 5.95 Å². The third-order valence-electron chi connectivity index (χ3n) is 3.26. The Kier molecular flexibility index (Phi) is 3.31. The fraction of sp³-hybridized carbons (Fsp3) is 0.125. The summed E-state index contributed by atoms with van der Waals surface area (Å²) in [6.45, 7) is 3.81. The highest BCUT2D eigenvalue weighted by Gasteiger charge is 2.06. The number of rotatable bonds is 3. The van der Waals surface area contributed by atoms with Gasteiger partial charge in [-0.25, -0.2) is 10.4 Å². The SMILES string of the molecule is C/C(=N\Nc1nc2ccccc2[nH]1)c1cc(C)ccc1O. The Morgan fingerprint density at radius 2 is 2.05 bits per heavy atom. The van der Waals surface area contributed by atoms with Gasteiger partial charge in [-0.2, -0.15) is 5.10 Å². The van der Waals surface area contributed by atoms with Crippen LogP contribution in [0.1, 0.15) is 18.1 Å². The predicted octanol–water partition coefficient (Wildman–Crippen LogP) is 3.41. The van der Waals surface area contributed by atoms with Gasteiger partial charge in [0.05, 0.1) is 16.7 Å². The molecule has 0 aliphatic carbocycles. The van der Waals surface area contributed by atoms with Crippen molar-refractivity contribution in [1.82, 2.24) is 9.97 Å². The lowest BCUT2D eigenvalue weighted by Gasteiger charge is -2.05. The molecule has 3 rings (SSSR count). The van der Waals surface area contributed by atoms with Crippen LogP contribution in [0.25, 0.3) is 11.0 Å². The van der Waals surface area contributed by atoms with E-state index in [2.05, 4.69) is 20.5 Å². The van der Waals surface area contributed by atoms with E-state index in [4.69, 9.17) is 0 Å². The number of benzene rings is 2. The van der Waals surface area contributed by atoms with Crippen LogP contribution in [0, 0.1) is 6.92 Å². The van der Waals surface area contributed by atoms with Crippen molar-refractivity contribution in [1.29, 1.82) is 0 Å². The summed E-state index contributed by atoms with van der Waals surface area (Å²) in [5, 5.41) is 14.2. The zero-order valence-electron chi connectivity index (χ0n) is 11.9. The zero-order valence-corrected chi connectivity index (χ0v) is 11.9. The average Bonchev–Trinajstić information content (AvgIpc) is 2.90. The Hall–Kier alpha value is -2.82. The first-order chi connectivity index (χ1) is 10.1. The van der Waals surface area contributed by atoms with E-state index in [0.717, 1.165) is 16.6 Å². The Balaban J connectivity index is 1.86. The number of aryl methyl sites for hydroxylation is 1. The first-order valence-electron chi connectivity index (χ1n) is 6.68. The minimum absolute atomic E-state index is 0.216. The van der Waals surface area contributed by atoms with Crippen LogP contribution >= 0.6 is 0 Å². The number of aromatic hydroxyl groups is 1. The lowest BCUT2D eigenvalue weighted by atomic mass is 10.1. The average molecular weight is 280 g/mol. The first-order valence-corrected chi connectivity index (χ1v) is 6.68. The number of imidazole rings is 1.